The lowest BCUT2D eigenvalue weighted by Gasteiger charge is -1.95. The topological polar surface area (TPSA) is 98.8 Å². The summed E-state index contributed by atoms with van der Waals surface area (Å²) in [7, 11) is 0. The minimum atomic E-state index is -1.42. The summed E-state index contributed by atoms with van der Waals surface area (Å²) in [6.07, 6.45) is -2.83. The van der Waals surface area contributed by atoms with Crippen LogP contribution < -0.4 is 0 Å². The molecule has 78 valence electrons. The predicted molar refractivity (Wildman–Crippen MR) is 46.8 cm³/mol. The van der Waals surface area contributed by atoms with Gasteiger partial charge in [-0.25, -0.2) is 4.74 Å². The molecule has 2 unspecified atom stereocenters. The number of nitro groups is 2. The Morgan fingerprint density at radius 1 is 0.933 bits per heavy atom. The zero-order valence-electron chi connectivity index (χ0n) is 7.40. The molecule has 2 aliphatic carbocycles. The van der Waals surface area contributed by atoms with Gasteiger partial charge in [-0.15, -0.1) is 0 Å². The average molecular weight is 210 g/mol. The molecule has 3 rings (SSSR count). The number of epoxide rings is 1. The summed E-state index contributed by atoms with van der Waals surface area (Å²) in [5.74, 6) is 0. The molecular weight excluding hydrogens is 204 g/mol. The van der Waals surface area contributed by atoms with Gasteiger partial charge in [0.1, 0.15) is 0 Å². The van der Waals surface area contributed by atoms with Gasteiger partial charge in [0, 0.05) is 0 Å². The average Bonchev–Trinajstić information content (AvgIpc) is 2.91. The number of rotatable bonds is 2. The molecule has 0 amide bonds. The summed E-state index contributed by atoms with van der Waals surface area (Å²) >= 11 is 0. The highest BCUT2D eigenvalue weighted by Gasteiger charge is 2.61. The van der Waals surface area contributed by atoms with Crippen molar-refractivity contribution in [3.05, 3.63) is 54.9 Å². The van der Waals surface area contributed by atoms with Crippen LogP contribution in [0.4, 0.5) is 0 Å². The van der Waals surface area contributed by atoms with Crippen molar-refractivity contribution >= 4 is 0 Å². The first kappa shape index (κ1) is 9.53. The molecular formula is C8H6N2O5. The van der Waals surface area contributed by atoms with Crippen molar-refractivity contribution in [3.63, 3.8) is 0 Å². The van der Waals surface area contributed by atoms with Gasteiger partial charge in [0.25, 0.3) is 0 Å². The Kier molecular flexibility index (Phi) is 2.09. The standard InChI is InChI=1S/C6H4.C2H2N2O5/c1-2-6-4-3-5(1)6;5-3(6)1-2(9-1)4(7)8/h1-4H;1-2H. The molecule has 7 nitrogen and oxygen atoms in total. The molecule has 15 heavy (non-hydrogen) atoms. The third kappa shape index (κ3) is 1.77. The lowest BCUT2D eigenvalue weighted by Crippen LogP contribution is -2.12. The van der Waals surface area contributed by atoms with E-state index in [0.29, 0.717) is 0 Å². The Morgan fingerprint density at radius 3 is 1.33 bits per heavy atom. The predicted octanol–water partition coefficient (Wildman–Crippen LogP) is 0.509. The summed E-state index contributed by atoms with van der Waals surface area (Å²) in [6, 6.07) is 8.48. The van der Waals surface area contributed by atoms with E-state index in [1.807, 2.05) is 0 Å². The maximum atomic E-state index is 9.65. The maximum absolute atomic E-state index is 9.65. The quantitative estimate of drug-likeness (QED) is 0.408. The highest BCUT2D eigenvalue weighted by atomic mass is 16.8. The van der Waals surface area contributed by atoms with Crippen molar-refractivity contribution in [2.24, 2.45) is 0 Å². The molecule has 1 saturated heterocycles. The molecule has 0 spiro atoms. The van der Waals surface area contributed by atoms with Crippen LogP contribution in [-0.2, 0) is 4.74 Å². The first-order valence-corrected chi connectivity index (χ1v) is 4.12. The molecule has 0 bridgehead atoms. The van der Waals surface area contributed by atoms with E-state index in [9.17, 15) is 20.2 Å². The van der Waals surface area contributed by atoms with Crippen molar-refractivity contribution < 1.29 is 14.6 Å². The molecule has 0 aromatic heterocycles. The smallest absolute Gasteiger partial charge is 0.261 e. The fraction of sp³-hybridized carbons (Fsp3) is 0.250. The van der Waals surface area contributed by atoms with E-state index in [4.69, 9.17) is 0 Å². The summed E-state index contributed by atoms with van der Waals surface area (Å²) in [5, 5.41) is 22.2. The number of hydrogen-bond donors (Lipinski definition) is 0. The third-order valence-electron chi connectivity index (χ3n) is 2.08. The summed E-state index contributed by atoms with van der Waals surface area (Å²) in [6.45, 7) is 0. The SMILES string of the molecule is O=[N+]([O-])C1OC1[N+](=O)[O-].c1cc2ccc1=2. The van der Waals surface area contributed by atoms with Crippen LogP contribution in [0.5, 0.6) is 0 Å². The van der Waals surface area contributed by atoms with E-state index in [1.54, 1.807) is 0 Å². The van der Waals surface area contributed by atoms with Crippen LogP contribution >= 0.6 is 0 Å². The molecule has 0 N–H and O–H groups in total. The molecule has 7 heteroatoms. The van der Waals surface area contributed by atoms with Gasteiger partial charge in [-0.1, -0.05) is 24.3 Å². The van der Waals surface area contributed by atoms with Crippen LogP contribution in [-0.4, -0.2) is 22.3 Å². The lowest BCUT2D eigenvalue weighted by atomic mass is 10.1. The molecule has 1 aliphatic heterocycles. The minimum absolute atomic E-state index is 0.826. The Bertz CT molecular complexity index is 446. The van der Waals surface area contributed by atoms with Crippen LogP contribution in [0.25, 0.3) is 0 Å². The van der Waals surface area contributed by atoms with Gasteiger partial charge in [0.2, 0.25) is 0 Å². The Morgan fingerprint density at radius 2 is 1.27 bits per heavy atom. The molecule has 0 saturated carbocycles. The van der Waals surface area contributed by atoms with Gasteiger partial charge in [0.15, 0.2) is 0 Å². The Balaban J connectivity index is 0.000000121. The monoisotopic (exact) mass is 210 g/mol. The zero-order valence-corrected chi connectivity index (χ0v) is 7.40. The maximum Gasteiger partial charge on any atom is 0.415 e. The van der Waals surface area contributed by atoms with Crippen molar-refractivity contribution in [2.75, 3.05) is 0 Å². The van der Waals surface area contributed by atoms with Gasteiger partial charge >= 0.3 is 12.5 Å². The lowest BCUT2D eigenvalue weighted by molar-refractivity contribution is -0.558. The summed E-state index contributed by atoms with van der Waals surface area (Å²) in [4.78, 5) is 17.7. The summed E-state index contributed by atoms with van der Waals surface area (Å²) in [5.41, 5.74) is 0. The minimum Gasteiger partial charge on any atom is -0.261 e. The van der Waals surface area contributed by atoms with E-state index >= 15 is 0 Å². The first-order valence-electron chi connectivity index (χ1n) is 4.12. The number of ether oxygens (including phenoxy) is 1. The zero-order chi connectivity index (χ0) is 11.0. The second-order valence-electron chi connectivity index (χ2n) is 3.07. The van der Waals surface area contributed by atoms with E-state index in [1.165, 1.54) is 10.4 Å². The molecule has 0 aromatic rings. The van der Waals surface area contributed by atoms with Crippen LogP contribution in [0, 0.1) is 30.7 Å². The van der Waals surface area contributed by atoms with Gasteiger partial charge in [-0.05, 0) is 10.4 Å². The van der Waals surface area contributed by atoms with Gasteiger partial charge < -0.3 is 0 Å². The second-order valence-corrected chi connectivity index (χ2v) is 3.07. The molecule has 2 atom stereocenters. The van der Waals surface area contributed by atoms with Crippen molar-refractivity contribution in [1.29, 1.82) is 0 Å². The van der Waals surface area contributed by atoms with Crippen molar-refractivity contribution in [2.45, 2.75) is 12.5 Å². The number of nitrogens with zero attached hydrogens (tertiary/aromatic N) is 2. The highest BCUT2D eigenvalue weighted by Crippen LogP contribution is 2.21. The van der Waals surface area contributed by atoms with E-state index in [0.717, 1.165) is 0 Å². The fourth-order valence-electron chi connectivity index (χ4n) is 1.07. The normalized spacial score (nSPS) is 23.5. The number of hydrogen-bond acceptors (Lipinski definition) is 5. The third-order valence-corrected chi connectivity index (χ3v) is 2.08. The Hall–Kier alpha value is -2.02. The fourth-order valence-corrected chi connectivity index (χ4v) is 1.07. The van der Waals surface area contributed by atoms with E-state index < -0.39 is 22.3 Å². The van der Waals surface area contributed by atoms with Crippen LogP contribution in [0.3, 0.4) is 0 Å². The van der Waals surface area contributed by atoms with E-state index in [2.05, 4.69) is 29.0 Å². The van der Waals surface area contributed by atoms with E-state index in [-0.39, 0.29) is 0 Å². The van der Waals surface area contributed by atoms with Gasteiger partial charge in [-0.2, -0.15) is 0 Å². The summed E-state index contributed by atoms with van der Waals surface area (Å²) < 4.78 is 4.04. The molecule has 1 fully saturated rings. The second kappa shape index (κ2) is 3.28. The molecule has 0 radical (unpaired) electrons. The van der Waals surface area contributed by atoms with Crippen molar-refractivity contribution in [3.8, 4) is 0 Å². The van der Waals surface area contributed by atoms with Crippen LogP contribution in [0.15, 0.2) is 24.3 Å². The molecule has 1 heterocycles. The Labute approximate surface area is 82.9 Å². The van der Waals surface area contributed by atoms with Crippen LogP contribution in [0.1, 0.15) is 0 Å². The molecule has 3 aliphatic rings. The van der Waals surface area contributed by atoms with Gasteiger partial charge in [-0.3, -0.25) is 20.2 Å². The first-order chi connectivity index (χ1) is 7.09. The largest absolute Gasteiger partial charge is 0.415 e. The van der Waals surface area contributed by atoms with Crippen molar-refractivity contribution in [1.82, 2.24) is 0 Å². The van der Waals surface area contributed by atoms with Gasteiger partial charge in [0.05, 0.1) is 9.85 Å². The molecule has 0 aromatic carbocycles. The van der Waals surface area contributed by atoms with Crippen LogP contribution in [0.2, 0.25) is 0 Å². The highest BCUT2D eigenvalue weighted by molar-refractivity contribution is 5.22. The number of benzene rings is 1.